The van der Waals surface area contributed by atoms with Gasteiger partial charge in [0.1, 0.15) is 5.92 Å². The number of carbonyl (C=O) groups is 2. The minimum absolute atomic E-state index is 0.00380. The van der Waals surface area contributed by atoms with E-state index < -0.39 is 5.92 Å². The fourth-order valence-electron chi connectivity index (χ4n) is 3.70. The van der Waals surface area contributed by atoms with Crippen LogP contribution in [0.5, 0.6) is 11.5 Å². The van der Waals surface area contributed by atoms with E-state index in [0.717, 1.165) is 22.6 Å². The summed E-state index contributed by atoms with van der Waals surface area (Å²) in [5.74, 6) is 0.508. The molecule has 0 bridgehead atoms. The second kappa shape index (κ2) is 9.82. The van der Waals surface area contributed by atoms with Crippen LogP contribution in [-0.2, 0) is 9.59 Å². The van der Waals surface area contributed by atoms with Crippen LogP contribution >= 0.6 is 0 Å². The molecule has 0 spiro atoms. The zero-order chi connectivity index (χ0) is 23.4. The van der Waals surface area contributed by atoms with E-state index in [9.17, 15) is 9.59 Å². The third-order valence-electron chi connectivity index (χ3n) is 5.42. The first-order chi connectivity index (χ1) is 15.3. The number of hydrogen-bond acceptors (Lipinski definition) is 6. The molecule has 2 aromatic carbocycles. The molecule has 1 aliphatic heterocycles. The minimum Gasteiger partial charge on any atom is -0.493 e. The van der Waals surface area contributed by atoms with Gasteiger partial charge < -0.3 is 24.6 Å². The van der Waals surface area contributed by atoms with Crippen LogP contribution in [0.15, 0.2) is 41.4 Å². The molecule has 0 radical (unpaired) electrons. The van der Waals surface area contributed by atoms with Crippen LogP contribution in [0.1, 0.15) is 24.8 Å². The van der Waals surface area contributed by atoms with Gasteiger partial charge in [-0.1, -0.05) is 6.92 Å². The molecule has 0 saturated carbocycles. The molecule has 1 N–H and O–H groups in total. The number of rotatable bonds is 8. The fourth-order valence-corrected chi connectivity index (χ4v) is 3.70. The van der Waals surface area contributed by atoms with Crippen molar-refractivity contribution >= 4 is 34.6 Å². The molecule has 2 aromatic rings. The summed E-state index contributed by atoms with van der Waals surface area (Å²) >= 11 is 0. The highest BCUT2D eigenvalue weighted by molar-refractivity contribution is 6.19. The molecule has 8 nitrogen and oxygen atoms in total. The lowest BCUT2D eigenvalue weighted by atomic mass is 9.93. The first kappa shape index (κ1) is 23.3. The molecule has 170 valence electrons. The van der Waals surface area contributed by atoms with Crippen molar-refractivity contribution in [1.82, 2.24) is 4.90 Å². The number of anilines is 2. The lowest BCUT2D eigenvalue weighted by molar-refractivity contribution is -0.119. The van der Waals surface area contributed by atoms with Gasteiger partial charge in [-0.25, -0.2) is 0 Å². The van der Waals surface area contributed by atoms with E-state index in [-0.39, 0.29) is 11.8 Å². The first-order valence-electron chi connectivity index (χ1n) is 10.4. The van der Waals surface area contributed by atoms with Gasteiger partial charge in [-0.3, -0.25) is 14.6 Å². The van der Waals surface area contributed by atoms with Gasteiger partial charge in [0.2, 0.25) is 11.8 Å². The maximum Gasteiger partial charge on any atom is 0.240 e. The maximum atomic E-state index is 12.8. The van der Waals surface area contributed by atoms with Crippen molar-refractivity contribution in [3.63, 3.8) is 0 Å². The molecule has 0 aliphatic carbocycles. The van der Waals surface area contributed by atoms with E-state index in [2.05, 4.69) is 5.32 Å². The predicted molar refractivity (Wildman–Crippen MR) is 127 cm³/mol. The number of ether oxygens (including phenoxy) is 2. The molecule has 3 rings (SSSR count). The Bertz CT molecular complexity index is 1030. The van der Waals surface area contributed by atoms with E-state index in [1.165, 1.54) is 0 Å². The first-order valence-corrected chi connectivity index (χ1v) is 10.4. The molecule has 1 aliphatic rings. The molecule has 1 atom stereocenters. The number of fused-ring (bicyclic) bond motifs is 1. The van der Waals surface area contributed by atoms with Crippen LogP contribution in [0.25, 0.3) is 0 Å². The van der Waals surface area contributed by atoms with Crippen LogP contribution in [0.4, 0.5) is 17.1 Å². The number of amides is 2. The van der Waals surface area contributed by atoms with Crippen molar-refractivity contribution in [3.05, 3.63) is 42.0 Å². The summed E-state index contributed by atoms with van der Waals surface area (Å²) in [6.07, 6.45) is 0.606. The predicted octanol–water partition coefficient (Wildman–Crippen LogP) is 3.45. The lowest BCUT2D eigenvalue weighted by Crippen LogP contribution is -2.34. The minimum atomic E-state index is -0.501. The molecule has 2 amide bonds. The Labute approximate surface area is 188 Å². The highest BCUT2D eigenvalue weighted by Crippen LogP contribution is 2.42. The van der Waals surface area contributed by atoms with E-state index >= 15 is 0 Å². The molecule has 0 aromatic heterocycles. The van der Waals surface area contributed by atoms with E-state index in [0.29, 0.717) is 30.2 Å². The average Bonchev–Trinajstić information content (AvgIpc) is 3.10. The summed E-state index contributed by atoms with van der Waals surface area (Å²) in [7, 11) is 8.60. The number of carbonyl (C=O) groups excluding carboxylic acids is 2. The number of nitrogens with one attached hydrogen (secondary N) is 1. The van der Waals surface area contributed by atoms with Gasteiger partial charge in [-0.15, -0.1) is 0 Å². The number of benzene rings is 2. The Morgan fingerprint density at radius 2 is 1.69 bits per heavy atom. The molecular weight excluding hydrogens is 408 g/mol. The van der Waals surface area contributed by atoms with Gasteiger partial charge in [-0.2, -0.15) is 0 Å². The normalized spacial score (nSPS) is 15.4. The van der Waals surface area contributed by atoms with Crippen LogP contribution < -0.4 is 19.7 Å². The molecule has 0 fully saturated rings. The number of methoxy groups -OCH3 is 2. The summed E-state index contributed by atoms with van der Waals surface area (Å²) in [6, 6.07) is 11.0. The third-order valence-corrected chi connectivity index (χ3v) is 5.42. The molecular formula is C24H30N4O4. The van der Waals surface area contributed by atoms with E-state index in [1.807, 2.05) is 56.3 Å². The fraction of sp³-hybridized carbons (Fsp3) is 0.375. The lowest BCUT2D eigenvalue weighted by Gasteiger charge is -2.20. The van der Waals surface area contributed by atoms with Crippen molar-refractivity contribution in [2.45, 2.75) is 19.3 Å². The van der Waals surface area contributed by atoms with E-state index in [1.54, 1.807) is 32.2 Å². The SMILES string of the molecule is CCC(=Nc1ccc(N(C)C(=O)CN(C)C)cc1)C1C(=O)Nc2cc(OC)c(OC)cc21. The number of hydrogen-bond donors (Lipinski definition) is 1. The third kappa shape index (κ3) is 4.75. The quantitative estimate of drug-likeness (QED) is 0.639. The Kier molecular flexibility index (Phi) is 7.15. The standard InChI is InChI=1S/C24H30N4O4/c1-7-18(23-17-12-20(31-5)21(32-6)13-19(17)26-24(23)30)25-15-8-10-16(11-9-15)28(4)22(29)14-27(2)3/h8-13,23H,7,14H2,1-6H3,(H,26,30). The van der Waals surface area contributed by atoms with Crippen LogP contribution in [0.2, 0.25) is 0 Å². The van der Waals surface area contributed by atoms with Gasteiger partial charge in [0.05, 0.1) is 26.5 Å². The van der Waals surface area contributed by atoms with Crippen LogP contribution in [0.3, 0.4) is 0 Å². The monoisotopic (exact) mass is 438 g/mol. The van der Waals surface area contributed by atoms with Crippen molar-refractivity contribution in [3.8, 4) is 11.5 Å². The molecule has 0 saturated heterocycles. The van der Waals surface area contributed by atoms with Crippen molar-refractivity contribution in [2.24, 2.45) is 4.99 Å². The van der Waals surface area contributed by atoms with Gasteiger partial charge in [0.15, 0.2) is 11.5 Å². The van der Waals surface area contributed by atoms with Gasteiger partial charge in [0.25, 0.3) is 0 Å². The highest BCUT2D eigenvalue weighted by atomic mass is 16.5. The van der Waals surface area contributed by atoms with Gasteiger partial charge in [0, 0.05) is 30.2 Å². The average molecular weight is 439 g/mol. The van der Waals surface area contributed by atoms with Crippen molar-refractivity contribution in [2.75, 3.05) is 52.1 Å². The van der Waals surface area contributed by atoms with E-state index in [4.69, 9.17) is 14.5 Å². The highest BCUT2D eigenvalue weighted by Gasteiger charge is 2.35. The molecule has 1 unspecified atom stereocenters. The largest absolute Gasteiger partial charge is 0.493 e. The van der Waals surface area contributed by atoms with Crippen molar-refractivity contribution < 1.29 is 19.1 Å². The molecule has 8 heteroatoms. The Hall–Kier alpha value is -3.39. The maximum absolute atomic E-state index is 12.8. The van der Waals surface area contributed by atoms with Crippen LogP contribution in [0, 0.1) is 0 Å². The molecule has 32 heavy (non-hydrogen) atoms. The molecule has 1 heterocycles. The summed E-state index contributed by atoms with van der Waals surface area (Å²) < 4.78 is 10.8. The Morgan fingerprint density at radius 3 is 2.25 bits per heavy atom. The summed E-state index contributed by atoms with van der Waals surface area (Å²) in [4.78, 5) is 33.3. The number of likely N-dealkylation sites (N-methyl/N-ethyl adjacent to an activating group) is 2. The van der Waals surface area contributed by atoms with Crippen molar-refractivity contribution in [1.29, 1.82) is 0 Å². The second-order valence-electron chi connectivity index (χ2n) is 7.88. The zero-order valence-corrected chi connectivity index (χ0v) is 19.4. The Balaban J connectivity index is 1.89. The van der Waals surface area contributed by atoms with Gasteiger partial charge >= 0.3 is 0 Å². The second-order valence-corrected chi connectivity index (χ2v) is 7.88. The zero-order valence-electron chi connectivity index (χ0n) is 19.4. The Morgan fingerprint density at radius 1 is 1.06 bits per heavy atom. The summed E-state index contributed by atoms with van der Waals surface area (Å²) in [6.45, 7) is 2.31. The summed E-state index contributed by atoms with van der Waals surface area (Å²) in [5.41, 5.74) is 3.78. The van der Waals surface area contributed by atoms with Crippen LogP contribution in [-0.4, -0.2) is 64.3 Å². The topological polar surface area (TPSA) is 83.5 Å². The number of nitrogens with zero attached hydrogens (tertiary/aromatic N) is 3. The number of aliphatic imine (C=N–C) groups is 1. The smallest absolute Gasteiger partial charge is 0.240 e. The van der Waals surface area contributed by atoms with Gasteiger partial charge in [-0.05, 0) is 56.4 Å². The summed E-state index contributed by atoms with van der Waals surface area (Å²) in [5, 5.41) is 2.92.